The molecule has 1 N–H and O–H groups in total. The van der Waals surface area contributed by atoms with Gasteiger partial charge in [0.15, 0.2) is 0 Å². The van der Waals surface area contributed by atoms with Gasteiger partial charge in [0.05, 0.1) is 6.10 Å². The summed E-state index contributed by atoms with van der Waals surface area (Å²) in [5, 5.41) is 11.1. The molecular formula is C12H16Cl2O. The van der Waals surface area contributed by atoms with Gasteiger partial charge in [-0.05, 0) is 42.5 Å². The molecule has 1 rings (SSSR count). The zero-order valence-electron chi connectivity index (χ0n) is 9.00. The number of aliphatic hydroxyl groups excluding tert-OH is 1. The van der Waals surface area contributed by atoms with Crippen molar-refractivity contribution in [2.24, 2.45) is 5.92 Å². The number of rotatable bonds is 4. The number of benzene rings is 1. The maximum Gasteiger partial charge on any atom is 0.0583 e. The molecule has 1 nitrogen and oxygen atoms in total. The summed E-state index contributed by atoms with van der Waals surface area (Å²) in [5.74, 6) is 0.484. The van der Waals surface area contributed by atoms with E-state index in [4.69, 9.17) is 23.2 Å². The van der Waals surface area contributed by atoms with E-state index in [9.17, 15) is 5.11 Å². The molecule has 0 aliphatic carbocycles. The van der Waals surface area contributed by atoms with Crippen molar-refractivity contribution in [3.8, 4) is 0 Å². The highest BCUT2D eigenvalue weighted by molar-refractivity contribution is 6.33. The van der Waals surface area contributed by atoms with E-state index in [1.165, 1.54) is 0 Å². The Morgan fingerprint density at radius 2 is 1.93 bits per heavy atom. The third-order valence-electron chi connectivity index (χ3n) is 2.21. The molecule has 0 aliphatic heterocycles. The van der Waals surface area contributed by atoms with Gasteiger partial charge in [-0.2, -0.15) is 0 Å². The third-order valence-corrected chi connectivity index (χ3v) is 2.81. The van der Waals surface area contributed by atoms with Crippen molar-refractivity contribution >= 4 is 23.2 Å². The first-order chi connectivity index (χ1) is 6.99. The average molecular weight is 247 g/mol. The van der Waals surface area contributed by atoms with Crippen LogP contribution in [0.15, 0.2) is 18.2 Å². The van der Waals surface area contributed by atoms with Crippen LogP contribution >= 0.6 is 23.2 Å². The van der Waals surface area contributed by atoms with Gasteiger partial charge in [-0.25, -0.2) is 0 Å². The Kier molecular flexibility index (Phi) is 4.91. The Labute approximate surface area is 101 Å². The second kappa shape index (κ2) is 5.74. The van der Waals surface area contributed by atoms with Crippen molar-refractivity contribution in [2.45, 2.75) is 32.8 Å². The van der Waals surface area contributed by atoms with Crippen LogP contribution in [0.4, 0.5) is 0 Å². The molecule has 1 aromatic carbocycles. The zero-order chi connectivity index (χ0) is 11.4. The summed E-state index contributed by atoms with van der Waals surface area (Å²) in [6, 6.07) is 5.33. The quantitative estimate of drug-likeness (QED) is 0.854. The molecule has 0 saturated heterocycles. The summed E-state index contributed by atoms with van der Waals surface area (Å²) in [5.41, 5.74) is 0.914. The van der Waals surface area contributed by atoms with Crippen LogP contribution in [0.3, 0.4) is 0 Å². The maximum absolute atomic E-state index is 9.79. The molecule has 0 spiro atoms. The van der Waals surface area contributed by atoms with Gasteiger partial charge < -0.3 is 5.11 Å². The third kappa shape index (κ3) is 4.42. The van der Waals surface area contributed by atoms with Gasteiger partial charge in [0.1, 0.15) is 0 Å². The van der Waals surface area contributed by atoms with Crippen molar-refractivity contribution in [3.05, 3.63) is 33.8 Å². The summed E-state index contributed by atoms with van der Waals surface area (Å²) in [7, 11) is 0. The van der Waals surface area contributed by atoms with Crippen molar-refractivity contribution < 1.29 is 5.11 Å². The van der Waals surface area contributed by atoms with Gasteiger partial charge in [0.2, 0.25) is 0 Å². The fraction of sp³-hybridized carbons (Fsp3) is 0.500. The molecule has 1 aromatic rings. The molecule has 84 valence electrons. The summed E-state index contributed by atoms with van der Waals surface area (Å²) >= 11 is 11.9. The van der Waals surface area contributed by atoms with Crippen molar-refractivity contribution in [3.63, 3.8) is 0 Å². The molecule has 1 unspecified atom stereocenters. The number of aliphatic hydroxyl groups is 1. The van der Waals surface area contributed by atoms with E-state index in [2.05, 4.69) is 13.8 Å². The van der Waals surface area contributed by atoms with Crippen LogP contribution in [0.25, 0.3) is 0 Å². The van der Waals surface area contributed by atoms with Crippen LogP contribution in [0.2, 0.25) is 10.0 Å². The molecule has 0 fully saturated rings. The molecule has 0 heterocycles. The van der Waals surface area contributed by atoms with E-state index < -0.39 is 0 Å². The highest BCUT2D eigenvalue weighted by Crippen LogP contribution is 2.23. The summed E-state index contributed by atoms with van der Waals surface area (Å²) < 4.78 is 0. The normalized spacial score (nSPS) is 13.2. The molecule has 1 atom stereocenters. The van der Waals surface area contributed by atoms with E-state index in [1.807, 2.05) is 6.07 Å². The minimum absolute atomic E-state index is 0.346. The van der Waals surface area contributed by atoms with E-state index in [0.29, 0.717) is 22.4 Å². The van der Waals surface area contributed by atoms with Crippen LogP contribution in [0.5, 0.6) is 0 Å². The summed E-state index contributed by atoms with van der Waals surface area (Å²) in [4.78, 5) is 0. The fourth-order valence-corrected chi connectivity index (χ4v) is 1.97. The molecular weight excluding hydrogens is 231 g/mol. The molecule has 0 saturated carbocycles. The van der Waals surface area contributed by atoms with Gasteiger partial charge in [-0.3, -0.25) is 0 Å². The number of hydrogen-bond acceptors (Lipinski definition) is 1. The Morgan fingerprint density at radius 1 is 1.27 bits per heavy atom. The first kappa shape index (κ1) is 12.8. The van der Waals surface area contributed by atoms with Gasteiger partial charge in [-0.15, -0.1) is 0 Å². The highest BCUT2D eigenvalue weighted by Gasteiger charge is 2.10. The van der Waals surface area contributed by atoms with Crippen molar-refractivity contribution in [2.75, 3.05) is 0 Å². The van der Waals surface area contributed by atoms with Crippen LogP contribution in [-0.4, -0.2) is 11.2 Å². The molecule has 0 amide bonds. The lowest BCUT2D eigenvalue weighted by molar-refractivity contribution is 0.149. The zero-order valence-corrected chi connectivity index (χ0v) is 10.5. The first-order valence-corrected chi connectivity index (χ1v) is 5.86. The lowest BCUT2D eigenvalue weighted by atomic mass is 10.00. The fourth-order valence-electron chi connectivity index (χ4n) is 1.58. The van der Waals surface area contributed by atoms with E-state index in [1.54, 1.807) is 12.1 Å². The molecule has 0 aliphatic rings. The van der Waals surface area contributed by atoms with E-state index >= 15 is 0 Å². The van der Waals surface area contributed by atoms with Crippen LogP contribution < -0.4 is 0 Å². The Bertz CT molecular complexity index is 323. The minimum Gasteiger partial charge on any atom is -0.393 e. The monoisotopic (exact) mass is 246 g/mol. The Hall–Kier alpha value is -0.240. The highest BCUT2D eigenvalue weighted by atomic mass is 35.5. The first-order valence-electron chi connectivity index (χ1n) is 5.11. The van der Waals surface area contributed by atoms with Crippen molar-refractivity contribution in [1.29, 1.82) is 0 Å². The van der Waals surface area contributed by atoms with Gasteiger partial charge >= 0.3 is 0 Å². The number of halogens is 2. The predicted molar refractivity (Wildman–Crippen MR) is 65.6 cm³/mol. The Morgan fingerprint density at radius 3 is 2.53 bits per heavy atom. The number of hydrogen-bond donors (Lipinski definition) is 1. The lowest BCUT2D eigenvalue weighted by Gasteiger charge is -2.14. The summed E-state index contributed by atoms with van der Waals surface area (Å²) in [6.07, 6.45) is 1.00. The molecule has 3 heteroatoms. The molecule has 0 bridgehead atoms. The van der Waals surface area contributed by atoms with Crippen LogP contribution in [-0.2, 0) is 6.42 Å². The molecule has 15 heavy (non-hydrogen) atoms. The largest absolute Gasteiger partial charge is 0.393 e. The topological polar surface area (TPSA) is 20.2 Å². The SMILES string of the molecule is CC(C)CC(O)Cc1cc(Cl)ccc1Cl. The second-order valence-electron chi connectivity index (χ2n) is 4.22. The standard InChI is InChI=1S/C12H16Cl2O/c1-8(2)5-11(15)7-9-6-10(13)3-4-12(9)14/h3-4,6,8,11,15H,5,7H2,1-2H3. The lowest BCUT2D eigenvalue weighted by Crippen LogP contribution is -2.13. The van der Waals surface area contributed by atoms with Gasteiger partial charge in [0.25, 0.3) is 0 Å². The average Bonchev–Trinajstić information content (AvgIpc) is 2.10. The minimum atomic E-state index is -0.346. The summed E-state index contributed by atoms with van der Waals surface area (Å²) in [6.45, 7) is 4.17. The van der Waals surface area contributed by atoms with E-state index in [-0.39, 0.29) is 6.10 Å². The van der Waals surface area contributed by atoms with Gasteiger partial charge in [0, 0.05) is 10.0 Å². The van der Waals surface area contributed by atoms with Gasteiger partial charge in [-0.1, -0.05) is 37.0 Å². The van der Waals surface area contributed by atoms with Crippen LogP contribution in [0, 0.1) is 5.92 Å². The van der Waals surface area contributed by atoms with Crippen LogP contribution in [0.1, 0.15) is 25.8 Å². The smallest absolute Gasteiger partial charge is 0.0583 e. The Balaban J connectivity index is 2.67. The van der Waals surface area contributed by atoms with Crippen molar-refractivity contribution in [1.82, 2.24) is 0 Å². The second-order valence-corrected chi connectivity index (χ2v) is 5.07. The predicted octanol–water partition coefficient (Wildman–Crippen LogP) is 3.94. The van der Waals surface area contributed by atoms with E-state index in [0.717, 1.165) is 12.0 Å². The molecule has 0 aromatic heterocycles. The molecule has 0 radical (unpaired) electrons. The maximum atomic E-state index is 9.79.